The lowest BCUT2D eigenvalue weighted by atomic mass is 10.1. The molecule has 0 spiro atoms. The SMILES string of the molecule is CC(NCc1ccc(Cl)cc1Cl)c1ccc(C#N)cc1. The zero-order valence-corrected chi connectivity index (χ0v) is 12.5. The van der Waals surface area contributed by atoms with Gasteiger partial charge < -0.3 is 5.32 Å². The summed E-state index contributed by atoms with van der Waals surface area (Å²) in [6, 6.07) is 15.3. The number of nitrogens with zero attached hydrogens (tertiary/aromatic N) is 1. The van der Waals surface area contributed by atoms with Crippen molar-refractivity contribution in [3.63, 3.8) is 0 Å². The van der Waals surface area contributed by atoms with Crippen LogP contribution >= 0.6 is 23.2 Å². The van der Waals surface area contributed by atoms with Crippen LogP contribution < -0.4 is 5.32 Å². The topological polar surface area (TPSA) is 35.8 Å². The van der Waals surface area contributed by atoms with Crippen molar-refractivity contribution >= 4 is 23.2 Å². The maximum Gasteiger partial charge on any atom is 0.0991 e. The third-order valence-electron chi connectivity index (χ3n) is 3.15. The third kappa shape index (κ3) is 3.74. The molecule has 0 fully saturated rings. The van der Waals surface area contributed by atoms with Gasteiger partial charge in [-0.25, -0.2) is 0 Å². The maximum absolute atomic E-state index is 8.78. The molecule has 0 amide bonds. The molecule has 0 radical (unpaired) electrons. The summed E-state index contributed by atoms with van der Waals surface area (Å²) < 4.78 is 0. The first-order valence-electron chi connectivity index (χ1n) is 6.27. The highest BCUT2D eigenvalue weighted by molar-refractivity contribution is 6.35. The van der Waals surface area contributed by atoms with Crippen molar-refractivity contribution in [3.8, 4) is 6.07 Å². The summed E-state index contributed by atoms with van der Waals surface area (Å²) in [5.74, 6) is 0. The molecule has 2 rings (SSSR count). The second kappa shape index (κ2) is 6.76. The van der Waals surface area contributed by atoms with Crippen molar-refractivity contribution < 1.29 is 0 Å². The molecule has 1 atom stereocenters. The van der Waals surface area contributed by atoms with Gasteiger partial charge in [0.25, 0.3) is 0 Å². The summed E-state index contributed by atoms with van der Waals surface area (Å²) in [7, 11) is 0. The van der Waals surface area contributed by atoms with Gasteiger partial charge in [-0.1, -0.05) is 41.4 Å². The maximum atomic E-state index is 8.78. The standard InChI is InChI=1S/C16H14Cl2N2/c1-11(13-4-2-12(9-19)3-5-13)20-10-14-6-7-15(17)8-16(14)18/h2-8,11,20H,10H2,1H3. The molecular formula is C16H14Cl2N2. The molecule has 1 N–H and O–H groups in total. The van der Waals surface area contributed by atoms with Crippen LogP contribution in [0.25, 0.3) is 0 Å². The number of nitrogens with one attached hydrogen (secondary N) is 1. The van der Waals surface area contributed by atoms with E-state index in [-0.39, 0.29) is 6.04 Å². The minimum Gasteiger partial charge on any atom is -0.306 e. The molecule has 0 aromatic heterocycles. The molecule has 0 saturated heterocycles. The number of halogens is 2. The summed E-state index contributed by atoms with van der Waals surface area (Å²) in [4.78, 5) is 0. The van der Waals surface area contributed by atoms with Crippen molar-refractivity contribution in [2.45, 2.75) is 19.5 Å². The highest BCUT2D eigenvalue weighted by Gasteiger charge is 2.07. The highest BCUT2D eigenvalue weighted by Crippen LogP contribution is 2.22. The molecule has 0 aliphatic rings. The minimum absolute atomic E-state index is 0.175. The van der Waals surface area contributed by atoms with Crippen LogP contribution in [0, 0.1) is 11.3 Å². The van der Waals surface area contributed by atoms with E-state index in [4.69, 9.17) is 28.5 Å². The van der Waals surface area contributed by atoms with E-state index in [1.165, 1.54) is 0 Å². The van der Waals surface area contributed by atoms with E-state index in [0.29, 0.717) is 22.2 Å². The molecule has 1 unspecified atom stereocenters. The summed E-state index contributed by atoms with van der Waals surface area (Å²) in [5.41, 5.74) is 2.81. The number of benzene rings is 2. The summed E-state index contributed by atoms with van der Waals surface area (Å²) in [6.45, 7) is 2.74. The van der Waals surface area contributed by atoms with Crippen LogP contribution in [0.15, 0.2) is 42.5 Å². The first kappa shape index (κ1) is 14.9. The molecule has 0 bridgehead atoms. The second-order valence-corrected chi connectivity index (χ2v) is 5.42. The predicted octanol–water partition coefficient (Wildman–Crippen LogP) is 4.72. The van der Waals surface area contributed by atoms with E-state index in [2.05, 4.69) is 18.3 Å². The van der Waals surface area contributed by atoms with E-state index in [1.54, 1.807) is 6.07 Å². The van der Waals surface area contributed by atoms with E-state index >= 15 is 0 Å². The van der Waals surface area contributed by atoms with Crippen LogP contribution in [0.1, 0.15) is 29.7 Å². The quantitative estimate of drug-likeness (QED) is 0.887. The predicted molar refractivity (Wildman–Crippen MR) is 82.9 cm³/mol. The molecule has 0 aliphatic heterocycles. The van der Waals surface area contributed by atoms with Crippen molar-refractivity contribution in [2.75, 3.05) is 0 Å². The van der Waals surface area contributed by atoms with Gasteiger partial charge in [0.15, 0.2) is 0 Å². The Balaban J connectivity index is 2.00. The van der Waals surface area contributed by atoms with Gasteiger partial charge in [0, 0.05) is 22.6 Å². The summed E-state index contributed by atoms with van der Waals surface area (Å²) in [5, 5.41) is 13.5. The molecule has 2 aromatic carbocycles. The van der Waals surface area contributed by atoms with Crippen LogP contribution in [0.2, 0.25) is 10.0 Å². The van der Waals surface area contributed by atoms with Crippen LogP contribution in [-0.2, 0) is 6.54 Å². The monoisotopic (exact) mass is 304 g/mol. The molecule has 102 valence electrons. The van der Waals surface area contributed by atoms with Crippen molar-refractivity contribution in [1.29, 1.82) is 5.26 Å². The fourth-order valence-corrected chi connectivity index (χ4v) is 2.37. The van der Waals surface area contributed by atoms with Gasteiger partial charge in [-0.15, -0.1) is 0 Å². The third-order valence-corrected chi connectivity index (χ3v) is 3.74. The lowest BCUT2D eigenvalue weighted by molar-refractivity contribution is 0.575. The first-order valence-corrected chi connectivity index (χ1v) is 7.03. The Kier molecular flexibility index (Phi) is 5.03. The van der Waals surface area contributed by atoms with E-state index in [1.807, 2.05) is 36.4 Å². The molecule has 0 aliphatic carbocycles. The molecule has 4 heteroatoms. The summed E-state index contributed by atoms with van der Waals surface area (Å²) in [6.07, 6.45) is 0. The van der Waals surface area contributed by atoms with E-state index in [0.717, 1.165) is 11.1 Å². The Bertz CT molecular complexity index is 630. The highest BCUT2D eigenvalue weighted by atomic mass is 35.5. The van der Waals surface area contributed by atoms with Gasteiger partial charge >= 0.3 is 0 Å². The smallest absolute Gasteiger partial charge is 0.0991 e. The molecular weight excluding hydrogens is 291 g/mol. The Morgan fingerprint density at radius 3 is 2.45 bits per heavy atom. The number of hydrogen-bond donors (Lipinski definition) is 1. The van der Waals surface area contributed by atoms with Gasteiger partial charge in [-0.05, 0) is 42.3 Å². The number of nitriles is 1. The lowest BCUT2D eigenvalue weighted by Gasteiger charge is -2.15. The van der Waals surface area contributed by atoms with E-state index < -0.39 is 0 Å². The summed E-state index contributed by atoms with van der Waals surface area (Å²) >= 11 is 12.0. The van der Waals surface area contributed by atoms with Crippen LogP contribution in [-0.4, -0.2) is 0 Å². The average molecular weight is 305 g/mol. The fraction of sp³-hybridized carbons (Fsp3) is 0.188. The Labute approximate surface area is 128 Å². The largest absolute Gasteiger partial charge is 0.306 e. The van der Waals surface area contributed by atoms with Crippen LogP contribution in [0.4, 0.5) is 0 Å². The average Bonchev–Trinajstić information content (AvgIpc) is 2.46. The minimum atomic E-state index is 0.175. The molecule has 2 nitrogen and oxygen atoms in total. The Hall–Kier alpha value is -1.53. The van der Waals surface area contributed by atoms with E-state index in [9.17, 15) is 0 Å². The van der Waals surface area contributed by atoms with Crippen molar-refractivity contribution in [3.05, 3.63) is 69.2 Å². The molecule has 0 saturated carbocycles. The zero-order chi connectivity index (χ0) is 14.5. The Morgan fingerprint density at radius 1 is 1.15 bits per heavy atom. The number of rotatable bonds is 4. The second-order valence-electron chi connectivity index (χ2n) is 4.57. The van der Waals surface area contributed by atoms with Crippen LogP contribution in [0.5, 0.6) is 0 Å². The lowest BCUT2D eigenvalue weighted by Crippen LogP contribution is -2.18. The zero-order valence-electron chi connectivity index (χ0n) is 11.0. The van der Waals surface area contributed by atoms with Gasteiger partial charge in [-0.3, -0.25) is 0 Å². The Morgan fingerprint density at radius 2 is 1.85 bits per heavy atom. The van der Waals surface area contributed by atoms with Gasteiger partial charge in [0.1, 0.15) is 0 Å². The van der Waals surface area contributed by atoms with Gasteiger partial charge in [-0.2, -0.15) is 5.26 Å². The fourth-order valence-electron chi connectivity index (χ4n) is 1.89. The van der Waals surface area contributed by atoms with Crippen molar-refractivity contribution in [1.82, 2.24) is 5.32 Å². The number of hydrogen-bond acceptors (Lipinski definition) is 2. The molecule has 0 heterocycles. The molecule has 2 aromatic rings. The van der Waals surface area contributed by atoms with Gasteiger partial charge in [0.05, 0.1) is 11.6 Å². The molecule has 20 heavy (non-hydrogen) atoms. The van der Waals surface area contributed by atoms with Crippen molar-refractivity contribution in [2.24, 2.45) is 0 Å². The van der Waals surface area contributed by atoms with Gasteiger partial charge in [0.2, 0.25) is 0 Å². The normalized spacial score (nSPS) is 11.9. The first-order chi connectivity index (χ1) is 9.60. The van der Waals surface area contributed by atoms with Crippen LogP contribution in [0.3, 0.4) is 0 Å².